The lowest BCUT2D eigenvalue weighted by Crippen LogP contribution is -2.55. The van der Waals surface area contributed by atoms with Gasteiger partial charge in [-0.05, 0) is 78.4 Å². The third kappa shape index (κ3) is 5.35. The minimum Gasteiger partial charge on any atom is -0.508 e. The number of aromatic hydroxyl groups is 1. The predicted molar refractivity (Wildman–Crippen MR) is 197 cm³/mol. The zero-order chi connectivity index (χ0) is 39.3. The average Bonchev–Trinajstić information content (AvgIpc) is 3.56. The Balaban J connectivity index is 1.22. The van der Waals surface area contributed by atoms with Crippen molar-refractivity contribution >= 4 is 58.3 Å². The van der Waals surface area contributed by atoms with Gasteiger partial charge in [0.15, 0.2) is 5.82 Å². The highest BCUT2D eigenvalue weighted by atomic mass is 35.5. The molecule has 4 amide bonds. The van der Waals surface area contributed by atoms with Crippen LogP contribution in [0.3, 0.4) is 0 Å². The Hall–Kier alpha value is -5.66. The number of pyridine rings is 1. The van der Waals surface area contributed by atoms with Crippen molar-refractivity contribution in [2.24, 2.45) is 29.6 Å². The van der Waals surface area contributed by atoms with Crippen LogP contribution >= 0.6 is 23.2 Å². The van der Waals surface area contributed by atoms with Crippen molar-refractivity contribution in [1.29, 1.82) is 0 Å². The molecule has 3 aliphatic heterocycles. The van der Waals surface area contributed by atoms with E-state index in [1.54, 1.807) is 66.7 Å². The number of amides is 4. The number of aromatic nitrogens is 1. The van der Waals surface area contributed by atoms with Gasteiger partial charge < -0.3 is 9.84 Å². The summed E-state index contributed by atoms with van der Waals surface area (Å²) in [6.07, 6.45) is -0.462. The van der Waals surface area contributed by atoms with Gasteiger partial charge in [0.2, 0.25) is 11.8 Å². The minimum atomic E-state index is -4.75. The highest BCUT2D eigenvalue weighted by molar-refractivity contribution is 6.33. The maximum Gasteiger partial charge on any atom is 0.417 e. The number of ether oxygens (including phenoxy) is 1. The summed E-state index contributed by atoms with van der Waals surface area (Å²) in [5.74, 6) is -6.58. The summed E-state index contributed by atoms with van der Waals surface area (Å²) in [4.78, 5) is 63.8. The lowest BCUT2D eigenvalue weighted by atomic mass is 9.48. The van der Waals surface area contributed by atoms with Crippen molar-refractivity contribution in [2.45, 2.75) is 30.9 Å². The average molecular weight is 802 g/mol. The van der Waals surface area contributed by atoms with Crippen molar-refractivity contribution in [2.75, 3.05) is 10.3 Å². The number of benzene rings is 3. The number of carbonyl (C=O) groups is 4. The van der Waals surface area contributed by atoms with E-state index in [9.17, 15) is 32.7 Å². The molecule has 15 heteroatoms. The third-order valence-corrected chi connectivity index (χ3v) is 12.3. The van der Waals surface area contributed by atoms with E-state index in [4.69, 9.17) is 27.9 Å². The molecule has 4 aromatic rings. The van der Waals surface area contributed by atoms with Gasteiger partial charge in [0.1, 0.15) is 11.5 Å². The molecule has 1 aromatic heterocycles. The number of hydrazine groups is 1. The van der Waals surface area contributed by atoms with E-state index < -0.39 is 69.5 Å². The van der Waals surface area contributed by atoms with E-state index >= 15 is 4.79 Å². The number of phenolic OH excluding ortho intramolecular Hbond substituents is 1. The molecule has 4 heterocycles. The molecule has 10 nitrogen and oxygen atoms in total. The molecule has 1 saturated carbocycles. The van der Waals surface area contributed by atoms with Crippen molar-refractivity contribution < 1.29 is 42.2 Å². The Morgan fingerprint density at radius 1 is 0.911 bits per heavy atom. The smallest absolute Gasteiger partial charge is 0.417 e. The molecule has 0 spiro atoms. The monoisotopic (exact) mass is 800 g/mol. The molecule has 2 N–H and O–H groups in total. The van der Waals surface area contributed by atoms with Gasteiger partial charge in [-0.15, -0.1) is 0 Å². The lowest BCUT2D eigenvalue weighted by Gasteiger charge is -2.51. The summed E-state index contributed by atoms with van der Waals surface area (Å²) in [5, 5.41) is 11.0. The molecular formula is C41H29Cl2F3N4O6. The first-order valence-corrected chi connectivity index (χ1v) is 18.5. The summed E-state index contributed by atoms with van der Waals surface area (Å²) < 4.78 is 46.7. The predicted octanol–water partition coefficient (Wildman–Crippen LogP) is 7.65. The molecule has 3 fully saturated rings. The molecule has 2 aliphatic carbocycles. The quantitative estimate of drug-likeness (QED) is 0.156. The van der Waals surface area contributed by atoms with Crippen LogP contribution in [-0.2, 0) is 37.2 Å². The van der Waals surface area contributed by atoms with Crippen molar-refractivity contribution in [3.8, 4) is 11.5 Å². The van der Waals surface area contributed by atoms with Gasteiger partial charge >= 0.3 is 6.18 Å². The molecule has 6 atom stereocenters. The number of fused-ring (bicyclic) bond motifs is 5. The number of carbonyl (C=O) groups excluding carboxylic acids is 4. The van der Waals surface area contributed by atoms with Gasteiger partial charge in [0.05, 0.1) is 45.7 Å². The van der Waals surface area contributed by atoms with Crippen molar-refractivity contribution in [3.05, 3.63) is 135 Å². The van der Waals surface area contributed by atoms with Crippen LogP contribution in [0, 0.1) is 29.6 Å². The number of para-hydroxylation sites is 1. The van der Waals surface area contributed by atoms with Gasteiger partial charge in [-0.2, -0.15) is 18.2 Å². The first-order valence-electron chi connectivity index (χ1n) is 17.7. The van der Waals surface area contributed by atoms with E-state index in [0.29, 0.717) is 51.0 Å². The maximum atomic E-state index is 15.4. The van der Waals surface area contributed by atoms with E-state index in [1.807, 2.05) is 6.08 Å². The number of nitrogens with one attached hydrogen (secondary N) is 1. The summed E-state index contributed by atoms with van der Waals surface area (Å²) in [5.41, 5.74) is 2.45. The molecule has 0 bridgehead atoms. The Morgan fingerprint density at radius 3 is 2.38 bits per heavy atom. The fourth-order valence-corrected chi connectivity index (χ4v) is 9.76. The van der Waals surface area contributed by atoms with Gasteiger partial charge in [0, 0.05) is 29.1 Å². The molecule has 3 aromatic carbocycles. The number of alkyl halides is 3. The summed E-state index contributed by atoms with van der Waals surface area (Å²) in [6, 6.07) is 20.4. The van der Waals surface area contributed by atoms with E-state index in [-0.39, 0.29) is 36.7 Å². The molecular weight excluding hydrogens is 772 g/mol. The second kappa shape index (κ2) is 13.0. The maximum absolute atomic E-state index is 15.4. The van der Waals surface area contributed by atoms with E-state index in [2.05, 4.69) is 10.4 Å². The molecule has 284 valence electrons. The molecule has 5 aliphatic rings. The summed E-state index contributed by atoms with van der Waals surface area (Å²) in [6.45, 7) is 0. The van der Waals surface area contributed by atoms with Crippen LogP contribution in [0.1, 0.15) is 29.5 Å². The second-order valence-corrected chi connectivity index (χ2v) is 15.4. The fraction of sp³-hybridized carbons (Fsp3) is 0.244. The number of halogens is 5. The minimum absolute atomic E-state index is 0.0142. The van der Waals surface area contributed by atoms with E-state index in [0.717, 1.165) is 5.01 Å². The number of hydrogen-bond donors (Lipinski definition) is 2. The van der Waals surface area contributed by atoms with Crippen LogP contribution in [0.15, 0.2) is 109 Å². The fourth-order valence-electron chi connectivity index (χ4n) is 9.43. The van der Waals surface area contributed by atoms with Crippen LogP contribution in [0.2, 0.25) is 10.0 Å². The van der Waals surface area contributed by atoms with Gasteiger partial charge in [-0.25, -0.2) is 4.98 Å². The number of allylic oxidation sites excluding steroid dienone is 3. The Morgan fingerprint density at radius 2 is 1.66 bits per heavy atom. The normalized spacial score (nSPS) is 26.8. The molecule has 6 unspecified atom stereocenters. The zero-order valence-corrected chi connectivity index (χ0v) is 30.5. The number of anilines is 2. The number of nitrogens with zero attached hydrogens (tertiary/aromatic N) is 3. The molecule has 9 rings (SSSR count). The molecule has 2 saturated heterocycles. The van der Waals surface area contributed by atoms with Gasteiger partial charge in [0.25, 0.3) is 11.8 Å². The van der Waals surface area contributed by atoms with Crippen LogP contribution in [-0.4, -0.2) is 38.7 Å². The number of imide groups is 2. The third-order valence-electron chi connectivity index (χ3n) is 11.7. The van der Waals surface area contributed by atoms with Gasteiger partial charge in [-0.1, -0.05) is 65.2 Å². The number of phenols is 1. The first-order chi connectivity index (χ1) is 26.8. The van der Waals surface area contributed by atoms with Crippen LogP contribution < -0.4 is 15.1 Å². The Bertz CT molecular complexity index is 2420. The van der Waals surface area contributed by atoms with E-state index in [1.165, 1.54) is 17.2 Å². The van der Waals surface area contributed by atoms with Crippen LogP contribution in [0.5, 0.6) is 11.5 Å². The van der Waals surface area contributed by atoms with Gasteiger partial charge in [-0.3, -0.25) is 29.5 Å². The largest absolute Gasteiger partial charge is 0.508 e. The zero-order valence-electron chi connectivity index (χ0n) is 29.0. The molecule has 56 heavy (non-hydrogen) atoms. The first kappa shape index (κ1) is 36.0. The highest BCUT2D eigenvalue weighted by Crippen LogP contribution is 2.63. The van der Waals surface area contributed by atoms with Crippen molar-refractivity contribution in [1.82, 2.24) is 9.99 Å². The number of rotatable bonds is 5. The SMILES string of the molecule is O=C1C2CC3C(=CCC4C(=O)N(c5ccccc5)C(=O)C43)C(C3=COc4ccc(O)cc4C3)C2(c2ccc(Cl)cc2)C(=O)N1Nc1ncc(C(F)(F)F)cc1Cl. The summed E-state index contributed by atoms with van der Waals surface area (Å²) in [7, 11) is 0. The topological polar surface area (TPSA) is 129 Å². The standard InChI is InChI=1S/C41H29Cl2F3N4O6/c42-24-8-6-22(7-9-24)40-30(37(53)50(39(40)55)48-35-31(43)16-23(18-47-35)41(44,45)46)17-29-27(34(40)21-14-20-15-26(51)10-13-32(20)56-19-21)11-12-28-33(29)38(54)49(36(28)52)25-4-2-1-3-5-25/h1-11,13,15-16,18-19,28-30,33-34,51H,12,14,17H2,(H,47,48). The van der Waals surface area contributed by atoms with Crippen molar-refractivity contribution in [3.63, 3.8) is 0 Å². The Labute approximate surface area is 327 Å². The summed E-state index contributed by atoms with van der Waals surface area (Å²) >= 11 is 12.6. The molecule has 0 radical (unpaired) electrons. The highest BCUT2D eigenvalue weighted by Gasteiger charge is 2.71. The second-order valence-electron chi connectivity index (χ2n) is 14.5. The number of hydrogen-bond acceptors (Lipinski definition) is 8. The van der Waals surface area contributed by atoms with Crippen LogP contribution in [0.25, 0.3) is 0 Å². The Kier molecular flexibility index (Phi) is 8.33. The van der Waals surface area contributed by atoms with Crippen LogP contribution in [0.4, 0.5) is 24.7 Å². The lowest BCUT2D eigenvalue weighted by molar-refractivity contribution is -0.139.